The molecule has 1 nitrogen and oxygen atoms in total. The van der Waals surface area contributed by atoms with E-state index in [1.807, 2.05) is 0 Å². The molecular weight excluding hydrogens is 194 g/mol. The number of rotatable bonds is 6. The molecule has 0 unspecified atom stereocenters. The summed E-state index contributed by atoms with van der Waals surface area (Å²) in [6.45, 7) is 4.77. The van der Waals surface area contributed by atoms with Crippen LogP contribution in [0.5, 0.6) is 0 Å². The lowest BCUT2D eigenvalue weighted by Gasteiger charge is -2.38. The Morgan fingerprint density at radius 1 is 1.19 bits per heavy atom. The van der Waals surface area contributed by atoms with Crippen LogP contribution >= 0.6 is 0 Å². The number of hydrogen-bond donors (Lipinski definition) is 1. The minimum absolute atomic E-state index is 0.618. The zero-order chi connectivity index (χ0) is 11.3. The summed E-state index contributed by atoms with van der Waals surface area (Å²) in [7, 11) is 0. The minimum Gasteiger partial charge on any atom is -0.316 e. The zero-order valence-electron chi connectivity index (χ0n) is 10.3. The third-order valence-electron chi connectivity index (χ3n) is 3.77. The second-order valence-corrected chi connectivity index (χ2v) is 5.43. The Balaban J connectivity index is 1.55. The predicted molar refractivity (Wildman–Crippen MR) is 69.6 cm³/mol. The van der Waals surface area contributed by atoms with Gasteiger partial charge >= 0.3 is 0 Å². The van der Waals surface area contributed by atoms with Crippen molar-refractivity contribution < 1.29 is 0 Å². The van der Waals surface area contributed by atoms with Gasteiger partial charge in [-0.1, -0.05) is 43.7 Å². The average molecular weight is 217 g/mol. The average Bonchev–Trinajstić information content (AvgIpc) is 2.28. The van der Waals surface area contributed by atoms with Gasteiger partial charge in [-0.2, -0.15) is 0 Å². The van der Waals surface area contributed by atoms with Crippen LogP contribution in [0.2, 0.25) is 0 Å². The van der Waals surface area contributed by atoms with Crippen LogP contribution in [0.15, 0.2) is 30.3 Å². The van der Waals surface area contributed by atoms with Crippen LogP contribution in [-0.4, -0.2) is 13.1 Å². The first kappa shape index (κ1) is 11.7. The van der Waals surface area contributed by atoms with E-state index in [1.54, 1.807) is 0 Å². The Morgan fingerprint density at radius 3 is 2.56 bits per heavy atom. The molecule has 0 aromatic heterocycles. The Bertz CT molecular complexity index is 300. The summed E-state index contributed by atoms with van der Waals surface area (Å²) in [6, 6.07) is 10.8. The van der Waals surface area contributed by atoms with Gasteiger partial charge in [0.2, 0.25) is 0 Å². The largest absolute Gasteiger partial charge is 0.316 e. The van der Waals surface area contributed by atoms with Crippen molar-refractivity contribution in [1.29, 1.82) is 0 Å². The zero-order valence-corrected chi connectivity index (χ0v) is 10.3. The van der Waals surface area contributed by atoms with Crippen molar-refractivity contribution in [3.8, 4) is 0 Å². The lowest BCUT2D eigenvalue weighted by atomic mass is 9.70. The highest BCUT2D eigenvalue weighted by molar-refractivity contribution is 5.14. The quantitative estimate of drug-likeness (QED) is 0.720. The summed E-state index contributed by atoms with van der Waals surface area (Å²) in [4.78, 5) is 0. The van der Waals surface area contributed by atoms with Crippen molar-refractivity contribution in [2.45, 2.75) is 39.0 Å². The minimum atomic E-state index is 0.618. The molecule has 1 heteroatoms. The van der Waals surface area contributed by atoms with Crippen molar-refractivity contribution in [2.75, 3.05) is 13.1 Å². The third kappa shape index (κ3) is 3.34. The van der Waals surface area contributed by atoms with E-state index in [9.17, 15) is 0 Å². The van der Waals surface area contributed by atoms with E-state index in [0.29, 0.717) is 5.41 Å². The first-order valence-corrected chi connectivity index (χ1v) is 6.53. The van der Waals surface area contributed by atoms with Gasteiger partial charge in [-0.05, 0) is 43.2 Å². The first-order chi connectivity index (χ1) is 7.79. The van der Waals surface area contributed by atoms with Crippen LogP contribution in [0.4, 0.5) is 0 Å². The monoisotopic (exact) mass is 217 g/mol. The molecule has 0 saturated heterocycles. The van der Waals surface area contributed by atoms with Gasteiger partial charge < -0.3 is 5.32 Å². The highest BCUT2D eigenvalue weighted by atomic mass is 14.9. The van der Waals surface area contributed by atoms with Gasteiger partial charge in [-0.3, -0.25) is 0 Å². The maximum atomic E-state index is 3.60. The van der Waals surface area contributed by atoms with E-state index in [2.05, 4.69) is 42.6 Å². The van der Waals surface area contributed by atoms with Crippen molar-refractivity contribution >= 4 is 0 Å². The maximum absolute atomic E-state index is 3.60. The van der Waals surface area contributed by atoms with E-state index < -0.39 is 0 Å². The molecule has 1 aromatic rings. The molecule has 0 amide bonds. The molecule has 1 aliphatic carbocycles. The van der Waals surface area contributed by atoms with Crippen molar-refractivity contribution in [3.05, 3.63) is 35.9 Å². The smallest absolute Gasteiger partial charge is 0.000516 e. The summed E-state index contributed by atoms with van der Waals surface area (Å²) in [5, 5.41) is 3.60. The summed E-state index contributed by atoms with van der Waals surface area (Å²) >= 11 is 0. The molecule has 1 fully saturated rings. The highest BCUT2D eigenvalue weighted by Gasteiger charge is 2.30. The van der Waals surface area contributed by atoms with Crippen LogP contribution in [0.3, 0.4) is 0 Å². The summed E-state index contributed by atoms with van der Waals surface area (Å²) in [5.41, 5.74) is 2.08. The standard InChI is InChI=1S/C15H23N/c1-15(10-6-11-15)13-16-12-5-9-14-7-3-2-4-8-14/h2-4,7-8,16H,5-6,9-13H2,1H3. The molecule has 2 rings (SSSR count). The lowest BCUT2D eigenvalue weighted by Crippen LogP contribution is -2.37. The molecule has 0 radical (unpaired) electrons. The van der Waals surface area contributed by atoms with Gasteiger partial charge in [-0.15, -0.1) is 0 Å². The molecule has 1 N–H and O–H groups in total. The van der Waals surface area contributed by atoms with E-state index in [1.165, 1.54) is 44.2 Å². The van der Waals surface area contributed by atoms with E-state index >= 15 is 0 Å². The maximum Gasteiger partial charge on any atom is 0.000516 e. The number of aryl methyl sites for hydroxylation is 1. The molecule has 1 aliphatic rings. The van der Waals surface area contributed by atoms with E-state index in [-0.39, 0.29) is 0 Å². The third-order valence-corrected chi connectivity index (χ3v) is 3.77. The SMILES string of the molecule is CC1(CNCCCc2ccccc2)CCC1. The number of benzene rings is 1. The Kier molecular flexibility index (Phi) is 4.00. The molecule has 1 aromatic carbocycles. The molecule has 16 heavy (non-hydrogen) atoms. The van der Waals surface area contributed by atoms with Crippen LogP contribution < -0.4 is 5.32 Å². The predicted octanol–water partition coefficient (Wildman–Crippen LogP) is 3.40. The topological polar surface area (TPSA) is 12.0 Å². The van der Waals surface area contributed by atoms with Gasteiger partial charge in [0.05, 0.1) is 0 Å². The van der Waals surface area contributed by atoms with Crippen LogP contribution in [-0.2, 0) is 6.42 Å². The fourth-order valence-electron chi connectivity index (χ4n) is 2.41. The highest BCUT2D eigenvalue weighted by Crippen LogP contribution is 2.39. The van der Waals surface area contributed by atoms with Gasteiger partial charge in [-0.25, -0.2) is 0 Å². The molecule has 88 valence electrons. The number of hydrogen-bond acceptors (Lipinski definition) is 1. The Labute approximate surface area is 99.3 Å². The van der Waals surface area contributed by atoms with Crippen molar-refractivity contribution in [2.24, 2.45) is 5.41 Å². The fraction of sp³-hybridized carbons (Fsp3) is 0.600. The van der Waals surface area contributed by atoms with Crippen LogP contribution in [0.1, 0.15) is 38.2 Å². The van der Waals surface area contributed by atoms with E-state index in [4.69, 9.17) is 0 Å². The van der Waals surface area contributed by atoms with E-state index in [0.717, 1.165) is 6.54 Å². The van der Waals surface area contributed by atoms with Gasteiger partial charge in [0.1, 0.15) is 0 Å². The Morgan fingerprint density at radius 2 is 1.94 bits per heavy atom. The normalized spacial score (nSPS) is 18.1. The molecular formula is C15H23N. The molecule has 0 bridgehead atoms. The van der Waals surface area contributed by atoms with Crippen LogP contribution in [0, 0.1) is 5.41 Å². The van der Waals surface area contributed by atoms with Crippen LogP contribution in [0.25, 0.3) is 0 Å². The molecule has 0 spiro atoms. The van der Waals surface area contributed by atoms with Gasteiger partial charge in [0, 0.05) is 6.54 Å². The second kappa shape index (κ2) is 5.49. The summed E-state index contributed by atoms with van der Waals surface area (Å²) in [5.74, 6) is 0. The molecule has 1 saturated carbocycles. The summed E-state index contributed by atoms with van der Waals surface area (Å²) in [6.07, 6.45) is 6.71. The summed E-state index contributed by atoms with van der Waals surface area (Å²) < 4.78 is 0. The van der Waals surface area contributed by atoms with Crippen molar-refractivity contribution in [3.63, 3.8) is 0 Å². The Hall–Kier alpha value is -0.820. The van der Waals surface area contributed by atoms with Crippen molar-refractivity contribution in [1.82, 2.24) is 5.32 Å². The fourth-order valence-corrected chi connectivity index (χ4v) is 2.41. The molecule has 0 aliphatic heterocycles. The van der Waals surface area contributed by atoms with Gasteiger partial charge in [0.25, 0.3) is 0 Å². The van der Waals surface area contributed by atoms with Gasteiger partial charge in [0.15, 0.2) is 0 Å². The first-order valence-electron chi connectivity index (χ1n) is 6.53. The number of nitrogens with one attached hydrogen (secondary N) is 1. The molecule has 0 atom stereocenters. The lowest BCUT2D eigenvalue weighted by molar-refractivity contribution is 0.157. The molecule has 0 heterocycles. The second-order valence-electron chi connectivity index (χ2n) is 5.43.